The van der Waals surface area contributed by atoms with E-state index in [9.17, 15) is 4.79 Å². The Bertz CT molecular complexity index is 110. The number of rotatable bonds is 2. The first kappa shape index (κ1) is 8.89. The molecule has 0 spiro atoms. The lowest BCUT2D eigenvalue weighted by Crippen LogP contribution is -2.35. The van der Waals surface area contributed by atoms with Crippen LogP contribution in [0.5, 0.6) is 0 Å². The first-order chi connectivity index (χ1) is 3.98. The fraction of sp³-hybridized carbons (Fsp3) is 0.750. The number of alkyl halides is 1. The highest BCUT2D eigenvalue weighted by Gasteiger charge is 2.24. The van der Waals surface area contributed by atoms with Gasteiger partial charge in [0.1, 0.15) is 15.7 Å². The van der Waals surface area contributed by atoms with E-state index in [-0.39, 0.29) is 5.97 Å². The van der Waals surface area contributed by atoms with Gasteiger partial charge >= 0.3 is 5.97 Å². The summed E-state index contributed by atoms with van der Waals surface area (Å²) in [5.74, 6) is -0.369. The molecule has 0 rings (SSSR count). The van der Waals surface area contributed by atoms with Gasteiger partial charge in [0.25, 0.3) is 0 Å². The van der Waals surface area contributed by atoms with Crippen LogP contribution in [0.3, 0.4) is 0 Å². The summed E-state index contributed by atoms with van der Waals surface area (Å²) in [6.07, 6.45) is 0. The minimum atomic E-state index is -0.879. The molecule has 0 saturated heterocycles. The first-order valence-corrected chi connectivity index (χ1v) is 3.22. The zero-order chi connectivity index (χ0) is 7.49. The highest BCUT2D eigenvalue weighted by Crippen LogP contribution is 2.05. The number of esters is 1. The zero-order valence-electron chi connectivity index (χ0n) is 5.90. The average Bonchev–Trinajstić information content (AvgIpc) is 1.64. The van der Waals surface area contributed by atoms with Gasteiger partial charge < -0.3 is 4.74 Å². The molecule has 50 valence electrons. The van der Waals surface area contributed by atoms with E-state index in [4.69, 9.17) is 11.6 Å². The maximum atomic E-state index is 10.7. The van der Waals surface area contributed by atoms with Crippen molar-refractivity contribution in [2.24, 2.45) is 0 Å². The lowest BCUT2D eigenvalue weighted by molar-refractivity contribution is -0.142. The Morgan fingerprint density at radius 2 is 2.22 bits per heavy atom. The van der Waals surface area contributed by atoms with Crippen molar-refractivity contribution in [1.29, 1.82) is 0 Å². The summed E-state index contributed by atoms with van der Waals surface area (Å²) in [5, 5.41) is 0. The van der Waals surface area contributed by atoms with Gasteiger partial charge in [-0.2, -0.15) is 0 Å². The Balaban J connectivity index is 3.74. The van der Waals surface area contributed by atoms with E-state index in [1.54, 1.807) is 22.6 Å². The maximum absolute atomic E-state index is 10.7. The van der Waals surface area contributed by atoms with Crippen molar-refractivity contribution in [3.63, 3.8) is 0 Å². The van der Waals surface area contributed by atoms with E-state index in [1.165, 1.54) is 0 Å². The fourth-order valence-corrected chi connectivity index (χ4v) is 0.357. The lowest BCUT2D eigenvalue weighted by atomic mass is 9.70. The van der Waals surface area contributed by atoms with Crippen molar-refractivity contribution in [3.8, 4) is 0 Å². The van der Waals surface area contributed by atoms with Gasteiger partial charge in [-0.1, -0.05) is 0 Å². The van der Waals surface area contributed by atoms with E-state index in [0.29, 0.717) is 6.61 Å². The van der Waals surface area contributed by atoms with E-state index < -0.39 is 4.67 Å². The van der Waals surface area contributed by atoms with E-state index in [2.05, 4.69) is 4.74 Å². The molecule has 0 heterocycles. The van der Waals surface area contributed by atoms with Crippen LogP contribution in [-0.4, -0.2) is 32.9 Å². The number of carbonyl (C=O) groups is 1. The average molecular weight is 146 g/mol. The van der Waals surface area contributed by atoms with Gasteiger partial charge in [0.15, 0.2) is 0 Å². The van der Waals surface area contributed by atoms with Crippen LogP contribution in [-0.2, 0) is 9.53 Å². The van der Waals surface area contributed by atoms with E-state index in [1.807, 2.05) is 0 Å². The molecule has 0 amide bonds. The predicted molar refractivity (Wildman–Crippen MR) is 42.3 cm³/mol. The molecule has 0 atom stereocenters. The van der Waals surface area contributed by atoms with Crippen molar-refractivity contribution in [1.82, 2.24) is 0 Å². The third-order valence-corrected chi connectivity index (χ3v) is 0.915. The smallest absolute Gasteiger partial charge is 0.310 e. The Morgan fingerprint density at radius 1 is 1.78 bits per heavy atom. The molecule has 0 bridgehead atoms. The number of hydrogen-bond donors (Lipinski definition) is 0. The van der Waals surface area contributed by atoms with Gasteiger partial charge in [-0.25, -0.2) is 0 Å². The first-order valence-electron chi connectivity index (χ1n) is 2.84. The van der Waals surface area contributed by atoms with Crippen LogP contribution >= 0.6 is 11.6 Å². The quantitative estimate of drug-likeness (QED) is 0.275. The molecule has 0 radical (unpaired) electrons. The Labute approximate surface area is 61.7 Å². The Hall–Kier alpha value is -0.110. The zero-order valence-corrected chi connectivity index (χ0v) is 6.66. The van der Waals surface area contributed by atoms with Gasteiger partial charge in [-0.3, -0.25) is 4.79 Å². The molecule has 9 heavy (non-hydrogen) atoms. The van der Waals surface area contributed by atoms with Gasteiger partial charge in [-0.05, 0) is 6.92 Å². The fourth-order valence-electron chi connectivity index (χ4n) is 0.303. The predicted octanol–water partition coefficient (Wildman–Crippen LogP) is -1.29. The van der Waals surface area contributed by atoms with Crippen LogP contribution in [0.4, 0.5) is 0 Å². The molecule has 5 heteroatoms. The Kier molecular flexibility index (Phi) is 3.12. The van der Waals surface area contributed by atoms with Crippen LogP contribution in [0.15, 0.2) is 0 Å². The molecule has 0 aromatic heterocycles. The van der Waals surface area contributed by atoms with Crippen LogP contribution in [0.2, 0.25) is 0 Å². The van der Waals surface area contributed by atoms with Crippen molar-refractivity contribution in [3.05, 3.63) is 0 Å². The highest BCUT2D eigenvalue weighted by molar-refractivity contribution is 6.71. The number of halogens is 1. The topological polar surface area (TPSA) is 26.3 Å². The van der Waals surface area contributed by atoms with Crippen LogP contribution < -0.4 is 0 Å². The summed E-state index contributed by atoms with van der Waals surface area (Å²) in [5.41, 5.74) is 0. The normalized spacial score (nSPS) is 10.9. The molecular formula is C4H9B2ClO2. The molecule has 0 aliphatic carbocycles. The Morgan fingerprint density at radius 3 is 2.33 bits per heavy atom. The minimum absolute atomic E-state index is 0.369. The second-order valence-electron chi connectivity index (χ2n) is 2.19. The molecule has 0 saturated carbocycles. The minimum Gasteiger partial charge on any atom is -0.466 e. The van der Waals surface area contributed by atoms with Crippen molar-refractivity contribution in [2.75, 3.05) is 6.61 Å². The molecule has 0 aliphatic rings. The third kappa shape index (κ3) is 3.46. The lowest BCUT2D eigenvalue weighted by Gasteiger charge is -2.12. The van der Waals surface area contributed by atoms with E-state index >= 15 is 0 Å². The molecule has 2 nitrogen and oxygen atoms in total. The van der Waals surface area contributed by atoms with Crippen LogP contribution in [0, 0.1) is 0 Å². The van der Waals surface area contributed by atoms with Crippen molar-refractivity contribution >= 4 is 33.3 Å². The largest absolute Gasteiger partial charge is 0.466 e. The van der Waals surface area contributed by atoms with Crippen molar-refractivity contribution < 1.29 is 9.53 Å². The summed E-state index contributed by atoms with van der Waals surface area (Å²) in [6.45, 7) is 2.13. The summed E-state index contributed by atoms with van der Waals surface area (Å²) >= 11 is 5.59. The summed E-state index contributed by atoms with van der Waals surface area (Å²) in [4.78, 5) is 10.7. The monoisotopic (exact) mass is 146 g/mol. The van der Waals surface area contributed by atoms with Gasteiger partial charge in [0.2, 0.25) is 0 Å². The summed E-state index contributed by atoms with van der Waals surface area (Å²) < 4.78 is 3.76. The van der Waals surface area contributed by atoms with Crippen LogP contribution in [0.25, 0.3) is 0 Å². The molecule has 0 N–H and O–H groups in total. The molecule has 0 unspecified atom stereocenters. The van der Waals surface area contributed by atoms with Crippen molar-refractivity contribution in [2.45, 2.75) is 11.6 Å². The van der Waals surface area contributed by atoms with Gasteiger partial charge in [-0.15, -0.1) is 11.6 Å². The standard InChI is InChI=1S/C4H9B2ClO2/c1-2-9-3(8)4(5,6)7/h2,5-6H2,1H3. The second-order valence-corrected chi connectivity index (χ2v) is 3.14. The van der Waals surface area contributed by atoms with Gasteiger partial charge in [0.05, 0.1) is 11.3 Å². The summed E-state index contributed by atoms with van der Waals surface area (Å²) in [6, 6.07) is 0. The third-order valence-electron chi connectivity index (χ3n) is 0.761. The number of ether oxygens (including phenoxy) is 1. The van der Waals surface area contributed by atoms with Crippen LogP contribution in [0.1, 0.15) is 6.92 Å². The molecular weight excluding hydrogens is 137 g/mol. The van der Waals surface area contributed by atoms with Gasteiger partial charge in [0, 0.05) is 0 Å². The van der Waals surface area contributed by atoms with E-state index in [0.717, 1.165) is 0 Å². The molecule has 0 aliphatic heterocycles. The maximum Gasteiger partial charge on any atom is 0.310 e. The SMILES string of the molecule is BC(B)(Cl)C(=O)OCC. The summed E-state index contributed by atoms with van der Waals surface area (Å²) in [7, 11) is 3.21. The number of carbonyl (C=O) groups excluding carboxylic acids is 1. The molecule has 0 aromatic carbocycles. The second kappa shape index (κ2) is 3.16. The number of hydrogen-bond acceptors (Lipinski definition) is 2. The molecule has 0 aromatic rings. The highest BCUT2D eigenvalue weighted by atomic mass is 35.5. The molecule has 0 fully saturated rings.